The summed E-state index contributed by atoms with van der Waals surface area (Å²) >= 11 is 6.04. The van der Waals surface area contributed by atoms with Crippen LogP contribution in [0.2, 0.25) is 5.02 Å². The number of hydrogen-bond acceptors (Lipinski definition) is 4. The van der Waals surface area contributed by atoms with Crippen molar-refractivity contribution in [3.63, 3.8) is 0 Å². The van der Waals surface area contributed by atoms with E-state index in [9.17, 15) is 4.79 Å². The van der Waals surface area contributed by atoms with Crippen LogP contribution in [0, 0.1) is 5.92 Å². The highest BCUT2D eigenvalue weighted by Gasteiger charge is 2.23. The largest absolute Gasteiger partial charge is 0.380 e. The molecule has 1 heterocycles. The summed E-state index contributed by atoms with van der Waals surface area (Å²) in [4.78, 5) is 12.2. The highest BCUT2D eigenvalue weighted by atomic mass is 35.5. The Morgan fingerprint density at radius 1 is 1.50 bits per heavy atom. The third-order valence-electron chi connectivity index (χ3n) is 3.32. The van der Waals surface area contributed by atoms with Gasteiger partial charge in [-0.25, -0.2) is 4.68 Å². The average Bonchev–Trinajstić information content (AvgIpc) is 3.24. The molecule has 1 aliphatic rings. The molecule has 0 spiro atoms. The van der Waals surface area contributed by atoms with Crippen LogP contribution in [0.4, 0.5) is 5.69 Å². The fourth-order valence-electron chi connectivity index (χ4n) is 1.90. The first-order valence-corrected chi connectivity index (χ1v) is 7.67. The highest BCUT2D eigenvalue weighted by Crippen LogP contribution is 2.30. The second-order valence-corrected chi connectivity index (χ2v) is 5.60. The molecule has 0 aliphatic heterocycles. The number of anilines is 1. The zero-order valence-electron chi connectivity index (χ0n) is 11.9. The molecule has 1 aromatic rings. The third-order valence-corrected chi connectivity index (χ3v) is 3.60. The van der Waals surface area contributed by atoms with Crippen molar-refractivity contribution in [2.45, 2.75) is 39.2 Å². The summed E-state index contributed by atoms with van der Waals surface area (Å²) in [7, 11) is 0. The SMILES string of the molecule is CCCCOCCNc1c(Cl)cnn(CC2CC2)c1=O. The van der Waals surface area contributed by atoms with E-state index in [0.29, 0.717) is 36.3 Å². The standard InChI is InChI=1S/C14H22ClN3O2/c1-2-3-7-20-8-6-16-13-12(15)9-17-18(14(13)19)10-11-4-5-11/h9,11,16H,2-8,10H2,1H3. The zero-order valence-corrected chi connectivity index (χ0v) is 12.7. The van der Waals surface area contributed by atoms with Crippen LogP contribution in [0.25, 0.3) is 0 Å². The van der Waals surface area contributed by atoms with Crippen molar-refractivity contribution in [2.24, 2.45) is 5.92 Å². The number of aromatic nitrogens is 2. The summed E-state index contributed by atoms with van der Waals surface area (Å²) in [6.07, 6.45) is 6.08. The molecule has 0 radical (unpaired) electrons. The molecular formula is C14H22ClN3O2. The molecule has 2 rings (SSSR count). The summed E-state index contributed by atoms with van der Waals surface area (Å²) < 4.78 is 6.95. The first-order valence-electron chi connectivity index (χ1n) is 7.29. The van der Waals surface area contributed by atoms with Gasteiger partial charge < -0.3 is 10.1 Å². The first-order chi connectivity index (χ1) is 9.72. The molecule has 0 saturated heterocycles. The van der Waals surface area contributed by atoms with Gasteiger partial charge >= 0.3 is 0 Å². The maximum atomic E-state index is 12.2. The van der Waals surface area contributed by atoms with Gasteiger partial charge in [0.05, 0.1) is 17.8 Å². The fourth-order valence-corrected chi connectivity index (χ4v) is 2.09. The number of nitrogens with one attached hydrogen (secondary N) is 1. The second kappa shape index (κ2) is 7.64. The van der Waals surface area contributed by atoms with Crippen LogP contribution in [0.5, 0.6) is 0 Å². The van der Waals surface area contributed by atoms with Gasteiger partial charge in [-0.15, -0.1) is 0 Å². The van der Waals surface area contributed by atoms with Crippen molar-refractivity contribution in [2.75, 3.05) is 25.1 Å². The lowest BCUT2D eigenvalue weighted by molar-refractivity contribution is 0.141. The lowest BCUT2D eigenvalue weighted by Gasteiger charge is -2.10. The predicted octanol–water partition coefficient (Wildman–Crippen LogP) is 2.54. The van der Waals surface area contributed by atoms with E-state index in [4.69, 9.17) is 16.3 Å². The molecule has 5 nitrogen and oxygen atoms in total. The molecule has 112 valence electrons. The van der Waals surface area contributed by atoms with Gasteiger partial charge in [0.25, 0.3) is 5.56 Å². The van der Waals surface area contributed by atoms with Crippen LogP contribution >= 0.6 is 11.6 Å². The van der Waals surface area contributed by atoms with Crippen LogP contribution in [0.15, 0.2) is 11.0 Å². The fraction of sp³-hybridized carbons (Fsp3) is 0.714. The number of halogens is 1. The van der Waals surface area contributed by atoms with Gasteiger partial charge in [0.1, 0.15) is 5.69 Å². The van der Waals surface area contributed by atoms with Crippen LogP contribution in [0.1, 0.15) is 32.6 Å². The molecule has 0 unspecified atom stereocenters. The number of ether oxygens (including phenoxy) is 1. The van der Waals surface area contributed by atoms with Gasteiger partial charge in [-0.1, -0.05) is 24.9 Å². The minimum Gasteiger partial charge on any atom is -0.380 e. The van der Waals surface area contributed by atoms with Gasteiger partial charge in [-0.05, 0) is 25.2 Å². The van der Waals surface area contributed by atoms with Crippen LogP contribution in [-0.4, -0.2) is 29.5 Å². The molecule has 0 amide bonds. The Morgan fingerprint density at radius 3 is 3.00 bits per heavy atom. The van der Waals surface area contributed by atoms with Crippen LogP contribution in [0.3, 0.4) is 0 Å². The lowest BCUT2D eigenvalue weighted by atomic mass is 10.4. The molecule has 20 heavy (non-hydrogen) atoms. The van der Waals surface area contributed by atoms with Crippen LogP contribution < -0.4 is 10.9 Å². The molecule has 1 saturated carbocycles. The van der Waals surface area contributed by atoms with Gasteiger partial charge in [0.15, 0.2) is 0 Å². The summed E-state index contributed by atoms with van der Waals surface area (Å²) in [5.74, 6) is 0.603. The molecule has 0 aromatic carbocycles. The van der Waals surface area contributed by atoms with Crippen LogP contribution in [-0.2, 0) is 11.3 Å². The van der Waals surface area contributed by atoms with E-state index in [1.807, 2.05) is 0 Å². The van der Waals surface area contributed by atoms with E-state index in [0.717, 1.165) is 19.4 Å². The van der Waals surface area contributed by atoms with Crippen molar-refractivity contribution >= 4 is 17.3 Å². The predicted molar refractivity (Wildman–Crippen MR) is 80.4 cm³/mol. The topological polar surface area (TPSA) is 56.1 Å². The average molecular weight is 300 g/mol. The quantitative estimate of drug-likeness (QED) is 0.712. The summed E-state index contributed by atoms with van der Waals surface area (Å²) in [6.45, 7) is 4.72. The highest BCUT2D eigenvalue weighted by molar-refractivity contribution is 6.32. The Kier molecular flexibility index (Phi) is 5.86. The van der Waals surface area contributed by atoms with E-state index >= 15 is 0 Å². The monoisotopic (exact) mass is 299 g/mol. The second-order valence-electron chi connectivity index (χ2n) is 5.19. The zero-order chi connectivity index (χ0) is 14.4. The van der Waals surface area contributed by atoms with Crippen molar-refractivity contribution in [1.29, 1.82) is 0 Å². The van der Waals surface area contributed by atoms with Gasteiger partial charge in [0.2, 0.25) is 0 Å². The minimum absolute atomic E-state index is 0.141. The summed E-state index contributed by atoms with van der Waals surface area (Å²) in [5, 5.41) is 7.52. The van der Waals surface area contributed by atoms with Crippen molar-refractivity contribution < 1.29 is 4.74 Å². The molecular weight excluding hydrogens is 278 g/mol. The number of rotatable bonds is 9. The maximum Gasteiger partial charge on any atom is 0.291 e. The van der Waals surface area contributed by atoms with E-state index in [2.05, 4.69) is 17.3 Å². The number of nitrogens with zero attached hydrogens (tertiary/aromatic N) is 2. The third kappa shape index (κ3) is 4.49. The van der Waals surface area contributed by atoms with Crippen molar-refractivity contribution in [3.05, 3.63) is 21.6 Å². The Morgan fingerprint density at radius 2 is 2.30 bits per heavy atom. The van der Waals surface area contributed by atoms with Gasteiger partial charge in [-0.3, -0.25) is 4.79 Å². The van der Waals surface area contributed by atoms with E-state index in [-0.39, 0.29) is 5.56 Å². The lowest BCUT2D eigenvalue weighted by Crippen LogP contribution is -2.27. The summed E-state index contributed by atoms with van der Waals surface area (Å²) in [5.41, 5.74) is 0.291. The Hall–Kier alpha value is -1.07. The van der Waals surface area contributed by atoms with Gasteiger partial charge in [-0.2, -0.15) is 5.10 Å². The first kappa shape index (κ1) is 15.3. The normalized spacial score (nSPS) is 14.5. The molecule has 0 bridgehead atoms. The van der Waals surface area contributed by atoms with E-state index < -0.39 is 0 Å². The van der Waals surface area contributed by atoms with E-state index in [1.54, 1.807) is 0 Å². The maximum absolute atomic E-state index is 12.2. The minimum atomic E-state index is -0.141. The smallest absolute Gasteiger partial charge is 0.291 e. The molecule has 6 heteroatoms. The van der Waals surface area contributed by atoms with E-state index in [1.165, 1.54) is 23.7 Å². The molecule has 0 atom stereocenters. The van der Waals surface area contributed by atoms with Crippen molar-refractivity contribution in [3.8, 4) is 0 Å². The molecule has 1 aliphatic carbocycles. The summed E-state index contributed by atoms with van der Waals surface area (Å²) in [6, 6.07) is 0. The molecule has 1 fully saturated rings. The number of hydrogen-bond donors (Lipinski definition) is 1. The number of unbranched alkanes of at least 4 members (excludes halogenated alkanes) is 1. The van der Waals surface area contributed by atoms with Crippen molar-refractivity contribution in [1.82, 2.24) is 9.78 Å². The van der Waals surface area contributed by atoms with Gasteiger partial charge in [0, 0.05) is 19.7 Å². The Labute approximate surface area is 124 Å². The Balaban J connectivity index is 1.87. The Bertz CT molecular complexity index is 486. The molecule has 1 N–H and O–H groups in total. The molecule has 1 aromatic heterocycles.